The minimum atomic E-state index is -0.756. The third kappa shape index (κ3) is 2.96. The lowest BCUT2D eigenvalue weighted by molar-refractivity contribution is -0.120. The molecule has 0 unspecified atom stereocenters. The van der Waals surface area contributed by atoms with Crippen LogP contribution in [0.2, 0.25) is 5.02 Å². The van der Waals surface area contributed by atoms with Crippen LogP contribution in [0.1, 0.15) is 18.9 Å². The van der Waals surface area contributed by atoms with E-state index in [0.29, 0.717) is 4.47 Å². The van der Waals surface area contributed by atoms with E-state index in [2.05, 4.69) is 26.2 Å². The maximum atomic E-state index is 12.6. The molecule has 3 rings (SSSR count). The monoisotopic (exact) mass is 393 g/mol. The molecule has 23 heavy (non-hydrogen) atoms. The number of anilines is 1. The lowest BCUT2D eigenvalue weighted by atomic mass is 9.86. The summed E-state index contributed by atoms with van der Waals surface area (Å²) in [7, 11) is 0. The largest absolute Gasteiger partial charge is 0.330 e. The first-order chi connectivity index (χ1) is 10.9. The molecule has 1 atom stereocenters. The van der Waals surface area contributed by atoms with Gasteiger partial charge in [0.05, 0.1) is 17.0 Å². The van der Waals surface area contributed by atoms with Crippen molar-refractivity contribution in [3.05, 3.63) is 57.7 Å². The summed E-state index contributed by atoms with van der Waals surface area (Å²) >= 11 is 9.36. The number of carbonyl (C=O) groups is 2. The molecule has 0 saturated carbocycles. The van der Waals surface area contributed by atoms with E-state index in [0.717, 1.165) is 10.5 Å². The quantitative estimate of drug-likeness (QED) is 0.841. The van der Waals surface area contributed by atoms with E-state index in [4.69, 9.17) is 11.6 Å². The van der Waals surface area contributed by atoms with E-state index in [9.17, 15) is 9.59 Å². The number of nitrogens with zero attached hydrogens (tertiary/aromatic N) is 2. The van der Waals surface area contributed by atoms with Crippen LogP contribution in [0, 0.1) is 0 Å². The average Bonchev–Trinajstić information content (AvgIpc) is 2.49. The Labute approximate surface area is 146 Å². The summed E-state index contributed by atoms with van der Waals surface area (Å²) in [6.45, 7) is 1.83. The fraction of sp³-hybridized carbons (Fsp3) is 0.188. The van der Waals surface area contributed by atoms with E-state index in [-0.39, 0.29) is 23.2 Å². The Morgan fingerprint density at radius 1 is 1.30 bits per heavy atom. The van der Waals surface area contributed by atoms with Gasteiger partial charge in [-0.1, -0.05) is 41.9 Å². The van der Waals surface area contributed by atoms with Crippen LogP contribution in [0.15, 0.2) is 47.1 Å². The number of hydrogen-bond acceptors (Lipinski definition) is 3. The van der Waals surface area contributed by atoms with Gasteiger partial charge in [0.25, 0.3) is 0 Å². The molecule has 1 saturated heterocycles. The molecule has 1 aliphatic heterocycles. The van der Waals surface area contributed by atoms with Crippen LogP contribution in [0.5, 0.6) is 0 Å². The zero-order valence-electron chi connectivity index (χ0n) is 12.2. The van der Waals surface area contributed by atoms with Gasteiger partial charge in [-0.05, 0) is 34.5 Å². The van der Waals surface area contributed by atoms with Crippen molar-refractivity contribution in [2.24, 2.45) is 0 Å². The van der Waals surface area contributed by atoms with Gasteiger partial charge >= 0.3 is 6.03 Å². The highest BCUT2D eigenvalue weighted by Crippen LogP contribution is 2.33. The number of imide groups is 1. The first kappa shape index (κ1) is 16.0. The number of pyridine rings is 1. The first-order valence-corrected chi connectivity index (χ1v) is 8.09. The van der Waals surface area contributed by atoms with Gasteiger partial charge in [0.2, 0.25) is 5.91 Å². The minimum absolute atomic E-state index is 0.122. The zero-order chi connectivity index (χ0) is 16.6. The lowest BCUT2D eigenvalue weighted by Crippen LogP contribution is -2.59. The van der Waals surface area contributed by atoms with Gasteiger partial charge in [-0.15, -0.1) is 0 Å². The number of benzene rings is 1. The Balaban J connectivity index is 1.94. The SMILES string of the molecule is C[C@@]1(c2ccccc2)CC(=O)N(c2ncc(Br)cc2Cl)C(=O)N1. The van der Waals surface area contributed by atoms with Crippen molar-refractivity contribution in [2.75, 3.05) is 4.90 Å². The molecule has 2 aromatic rings. The molecule has 2 heterocycles. The van der Waals surface area contributed by atoms with Crippen LogP contribution in [0.3, 0.4) is 0 Å². The summed E-state index contributed by atoms with van der Waals surface area (Å²) < 4.78 is 0.672. The molecule has 0 radical (unpaired) electrons. The first-order valence-electron chi connectivity index (χ1n) is 6.92. The summed E-state index contributed by atoms with van der Waals surface area (Å²) in [5, 5.41) is 3.11. The number of hydrogen-bond donors (Lipinski definition) is 1. The molecule has 0 spiro atoms. The average molecular weight is 395 g/mol. The number of urea groups is 1. The maximum absolute atomic E-state index is 12.6. The number of carbonyl (C=O) groups excluding carboxylic acids is 2. The second-order valence-corrected chi connectivity index (χ2v) is 6.82. The van der Waals surface area contributed by atoms with Crippen LogP contribution in [0.4, 0.5) is 10.6 Å². The standard InChI is InChI=1S/C16H13BrClN3O2/c1-16(10-5-3-2-4-6-10)8-13(22)21(15(23)20-16)14-12(18)7-11(17)9-19-14/h2-7,9H,8H2,1H3,(H,20,23)/t16-/m0/s1. The van der Waals surface area contributed by atoms with Crippen molar-refractivity contribution in [3.63, 3.8) is 0 Å². The smallest absolute Gasteiger partial charge is 0.328 e. The fourth-order valence-electron chi connectivity index (χ4n) is 2.60. The topological polar surface area (TPSA) is 62.3 Å². The Bertz CT molecular complexity index is 764. The van der Waals surface area contributed by atoms with Crippen LogP contribution in [0.25, 0.3) is 0 Å². The maximum Gasteiger partial charge on any atom is 0.330 e. The molecule has 0 bridgehead atoms. The van der Waals surface area contributed by atoms with Crippen LogP contribution in [-0.4, -0.2) is 16.9 Å². The van der Waals surface area contributed by atoms with E-state index in [1.54, 1.807) is 6.07 Å². The Hall–Kier alpha value is -1.92. The van der Waals surface area contributed by atoms with Crippen molar-refractivity contribution in [3.8, 4) is 0 Å². The zero-order valence-corrected chi connectivity index (χ0v) is 14.6. The second kappa shape index (κ2) is 5.94. The van der Waals surface area contributed by atoms with Crippen LogP contribution >= 0.6 is 27.5 Å². The van der Waals surface area contributed by atoms with Crippen LogP contribution in [-0.2, 0) is 10.3 Å². The molecule has 0 aliphatic carbocycles. The lowest BCUT2D eigenvalue weighted by Gasteiger charge is -2.38. The summed E-state index contributed by atoms with van der Waals surface area (Å²) in [5.74, 6) is -0.218. The van der Waals surface area contributed by atoms with E-state index in [1.807, 2.05) is 37.3 Å². The highest BCUT2D eigenvalue weighted by atomic mass is 79.9. The number of rotatable bonds is 2. The molecule has 5 nitrogen and oxygen atoms in total. The Morgan fingerprint density at radius 2 is 2.00 bits per heavy atom. The summed E-state index contributed by atoms with van der Waals surface area (Å²) in [4.78, 5) is 30.2. The predicted octanol–water partition coefficient (Wildman–Crippen LogP) is 3.86. The molecule has 1 aromatic carbocycles. The highest BCUT2D eigenvalue weighted by molar-refractivity contribution is 9.10. The van der Waals surface area contributed by atoms with Crippen molar-refractivity contribution in [1.82, 2.24) is 10.3 Å². The highest BCUT2D eigenvalue weighted by Gasteiger charge is 2.42. The summed E-state index contributed by atoms with van der Waals surface area (Å²) in [6.07, 6.45) is 1.61. The number of nitrogens with one attached hydrogen (secondary N) is 1. The van der Waals surface area contributed by atoms with Gasteiger partial charge in [-0.2, -0.15) is 0 Å². The van der Waals surface area contributed by atoms with Gasteiger partial charge in [-0.25, -0.2) is 14.7 Å². The van der Waals surface area contributed by atoms with Gasteiger partial charge < -0.3 is 5.32 Å². The number of amides is 3. The van der Waals surface area contributed by atoms with Crippen molar-refractivity contribution in [2.45, 2.75) is 18.9 Å². The molecular formula is C16H13BrClN3O2. The minimum Gasteiger partial charge on any atom is -0.328 e. The fourth-order valence-corrected chi connectivity index (χ4v) is 3.31. The normalized spacial score (nSPS) is 21.3. The second-order valence-electron chi connectivity index (χ2n) is 5.49. The van der Waals surface area contributed by atoms with Crippen molar-refractivity contribution < 1.29 is 9.59 Å². The van der Waals surface area contributed by atoms with Crippen molar-refractivity contribution >= 4 is 45.3 Å². The predicted molar refractivity (Wildman–Crippen MR) is 91.4 cm³/mol. The van der Waals surface area contributed by atoms with Gasteiger partial charge in [0.15, 0.2) is 5.82 Å². The number of aromatic nitrogens is 1. The third-order valence-electron chi connectivity index (χ3n) is 3.75. The number of halogens is 2. The molecule has 7 heteroatoms. The molecule has 1 fully saturated rings. The van der Waals surface area contributed by atoms with Gasteiger partial charge in [0, 0.05) is 10.7 Å². The molecule has 3 amide bonds. The van der Waals surface area contributed by atoms with E-state index >= 15 is 0 Å². The molecule has 118 valence electrons. The molecular weight excluding hydrogens is 382 g/mol. The molecule has 1 aliphatic rings. The summed E-state index contributed by atoms with van der Waals surface area (Å²) in [6, 6.07) is 10.5. The van der Waals surface area contributed by atoms with E-state index in [1.165, 1.54) is 6.20 Å². The van der Waals surface area contributed by atoms with Gasteiger partial charge in [-0.3, -0.25) is 4.79 Å². The molecule has 1 N–H and O–H groups in total. The Kier molecular flexibility index (Phi) is 4.12. The third-order valence-corrected chi connectivity index (χ3v) is 4.46. The van der Waals surface area contributed by atoms with Crippen LogP contribution < -0.4 is 10.2 Å². The Morgan fingerprint density at radius 3 is 2.61 bits per heavy atom. The van der Waals surface area contributed by atoms with Crippen molar-refractivity contribution in [1.29, 1.82) is 0 Å². The van der Waals surface area contributed by atoms with Gasteiger partial charge in [0.1, 0.15) is 0 Å². The molecule has 1 aromatic heterocycles. The summed E-state index contributed by atoms with van der Waals surface area (Å²) in [5.41, 5.74) is 0.115. The van der Waals surface area contributed by atoms with E-state index < -0.39 is 11.6 Å².